The van der Waals surface area contributed by atoms with E-state index in [0.29, 0.717) is 39.3 Å². The molecule has 0 amide bonds. The average molecular weight is 679 g/mol. The van der Waals surface area contributed by atoms with Crippen LogP contribution in [0.1, 0.15) is 49.9 Å². The van der Waals surface area contributed by atoms with Gasteiger partial charge in [0, 0.05) is 26.1 Å². The highest BCUT2D eigenvalue weighted by Crippen LogP contribution is 2.25. The standard InChI is InChI=1S/C42H46O8/c1-5-47-39(41(43)44)27-31-7-19-37(20-8-31)49-25-23-29(3)33-11-15-35(16-12-33)36-17-13-34(14-18-36)30(4)24-26-50-38-21-9-32(10-22-38)28-40(42(45)46)48-6-2/h7-24,39-40H,5-6,25-28H2,1-4H3,(H,43,44)(H,45,46)/t39-,40-/m0/s1. The van der Waals surface area contributed by atoms with E-state index in [1.54, 1.807) is 13.8 Å². The first-order valence-electron chi connectivity index (χ1n) is 16.8. The smallest absolute Gasteiger partial charge is 0.333 e. The van der Waals surface area contributed by atoms with Crippen LogP contribution >= 0.6 is 0 Å². The summed E-state index contributed by atoms with van der Waals surface area (Å²) >= 11 is 0. The molecule has 0 saturated heterocycles. The second kappa shape index (κ2) is 19.1. The molecule has 0 aliphatic carbocycles. The lowest BCUT2D eigenvalue weighted by Crippen LogP contribution is -2.26. The molecule has 8 nitrogen and oxygen atoms in total. The molecule has 0 aliphatic heterocycles. The number of carbonyl (C=O) groups is 2. The number of aliphatic carboxylic acids is 2. The van der Waals surface area contributed by atoms with Crippen molar-refractivity contribution in [2.75, 3.05) is 26.4 Å². The minimum absolute atomic E-state index is 0.309. The van der Waals surface area contributed by atoms with Gasteiger partial charge in [-0.3, -0.25) is 0 Å². The Balaban J connectivity index is 1.25. The molecule has 0 radical (unpaired) electrons. The van der Waals surface area contributed by atoms with Crippen LogP contribution < -0.4 is 9.47 Å². The van der Waals surface area contributed by atoms with E-state index in [-0.39, 0.29) is 0 Å². The minimum atomic E-state index is -0.962. The van der Waals surface area contributed by atoms with Crippen molar-refractivity contribution in [1.29, 1.82) is 0 Å². The summed E-state index contributed by atoms with van der Waals surface area (Å²) < 4.78 is 22.4. The molecule has 8 heteroatoms. The highest BCUT2D eigenvalue weighted by Gasteiger charge is 2.18. The van der Waals surface area contributed by atoms with E-state index in [2.05, 4.69) is 62.4 Å². The molecule has 50 heavy (non-hydrogen) atoms. The lowest BCUT2D eigenvalue weighted by Gasteiger charge is -2.12. The molecule has 4 rings (SSSR count). The third kappa shape index (κ3) is 11.5. The predicted octanol–water partition coefficient (Wildman–Crippen LogP) is 8.38. The molecule has 4 aromatic rings. The fourth-order valence-corrected chi connectivity index (χ4v) is 5.32. The third-order valence-corrected chi connectivity index (χ3v) is 8.27. The summed E-state index contributed by atoms with van der Waals surface area (Å²) in [5, 5.41) is 18.6. The monoisotopic (exact) mass is 678 g/mol. The van der Waals surface area contributed by atoms with Crippen LogP contribution in [0, 0.1) is 0 Å². The summed E-state index contributed by atoms with van der Waals surface area (Å²) in [6, 6.07) is 31.8. The molecule has 2 N–H and O–H groups in total. The molecule has 2 atom stereocenters. The number of carboxylic acids is 2. The Morgan fingerprint density at radius 2 is 0.900 bits per heavy atom. The van der Waals surface area contributed by atoms with Crippen LogP contribution in [-0.4, -0.2) is 60.8 Å². The normalized spacial score (nSPS) is 13.0. The Kier molecular flexibility index (Phi) is 14.4. The van der Waals surface area contributed by atoms with Crippen LogP contribution in [0.15, 0.2) is 109 Å². The molecule has 0 heterocycles. The van der Waals surface area contributed by atoms with E-state index >= 15 is 0 Å². The van der Waals surface area contributed by atoms with E-state index in [1.165, 1.54) is 0 Å². The Hall–Kier alpha value is -5.18. The lowest BCUT2D eigenvalue weighted by molar-refractivity contribution is -0.150. The van der Waals surface area contributed by atoms with Crippen LogP contribution in [-0.2, 0) is 31.9 Å². The number of benzene rings is 4. The zero-order chi connectivity index (χ0) is 35.9. The number of carboxylic acid groups (broad SMARTS) is 2. The fourth-order valence-electron chi connectivity index (χ4n) is 5.32. The average Bonchev–Trinajstić information content (AvgIpc) is 3.12. The second-order valence-electron chi connectivity index (χ2n) is 11.8. The van der Waals surface area contributed by atoms with Crippen LogP contribution in [0.25, 0.3) is 22.3 Å². The highest BCUT2D eigenvalue weighted by molar-refractivity contribution is 5.74. The van der Waals surface area contributed by atoms with Gasteiger partial charge < -0.3 is 29.2 Å². The summed E-state index contributed by atoms with van der Waals surface area (Å²) in [5.74, 6) is -0.489. The third-order valence-electron chi connectivity index (χ3n) is 8.27. The topological polar surface area (TPSA) is 112 Å². The minimum Gasteiger partial charge on any atom is -0.490 e. The highest BCUT2D eigenvalue weighted by atomic mass is 16.5. The lowest BCUT2D eigenvalue weighted by atomic mass is 9.98. The van der Waals surface area contributed by atoms with Gasteiger partial charge in [0.2, 0.25) is 0 Å². The molecular formula is C42H46O8. The van der Waals surface area contributed by atoms with Crippen LogP contribution in [0.2, 0.25) is 0 Å². The van der Waals surface area contributed by atoms with Gasteiger partial charge in [0.05, 0.1) is 0 Å². The summed E-state index contributed by atoms with van der Waals surface area (Å²) in [6.45, 7) is 9.23. The SMILES string of the molecule is CCO[C@@H](Cc1ccc(OCC=C(C)c2ccc(-c3ccc(C(C)=CCOc4ccc(C[C@H](OCC)C(=O)O)cc4)cc3)cc2)cc1)C(=O)O. The van der Waals surface area contributed by atoms with Crippen LogP contribution in [0.4, 0.5) is 0 Å². The number of ether oxygens (including phenoxy) is 4. The van der Waals surface area contributed by atoms with E-state index in [4.69, 9.17) is 18.9 Å². The molecule has 0 spiro atoms. The maximum Gasteiger partial charge on any atom is 0.333 e. The molecule has 0 fully saturated rings. The zero-order valence-electron chi connectivity index (χ0n) is 29.1. The first-order chi connectivity index (χ1) is 24.2. The van der Waals surface area contributed by atoms with Crippen molar-refractivity contribution in [3.8, 4) is 22.6 Å². The maximum atomic E-state index is 11.3. The number of allylic oxidation sites excluding steroid dienone is 2. The maximum absolute atomic E-state index is 11.3. The van der Waals surface area contributed by atoms with Gasteiger partial charge in [-0.1, -0.05) is 72.8 Å². The predicted molar refractivity (Wildman–Crippen MR) is 197 cm³/mol. The van der Waals surface area contributed by atoms with Gasteiger partial charge in [0.15, 0.2) is 12.2 Å². The molecule has 0 aromatic heterocycles. The van der Waals surface area contributed by atoms with Crippen molar-refractivity contribution in [3.05, 3.63) is 131 Å². The van der Waals surface area contributed by atoms with Gasteiger partial charge in [-0.25, -0.2) is 9.59 Å². The Bertz CT molecular complexity index is 1590. The largest absolute Gasteiger partial charge is 0.490 e. The summed E-state index contributed by atoms with van der Waals surface area (Å²) in [7, 11) is 0. The molecule has 4 aromatic carbocycles. The van der Waals surface area contributed by atoms with Gasteiger partial charge in [0.25, 0.3) is 0 Å². The summed E-state index contributed by atoms with van der Waals surface area (Å²) in [6.07, 6.45) is 3.00. The van der Waals surface area contributed by atoms with Gasteiger partial charge in [0.1, 0.15) is 24.7 Å². The Morgan fingerprint density at radius 3 is 1.20 bits per heavy atom. The summed E-state index contributed by atoms with van der Waals surface area (Å²) in [5.41, 5.74) is 8.46. The molecule has 0 aliphatic rings. The zero-order valence-corrected chi connectivity index (χ0v) is 29.1. The Labute approximate surface area is 294 Å². The summed E-state index contributed by atoms with van der Waals surface area (Å²) in [4.78, 5) is 22.7. The van der Waals surface area contributed by atoms with E-state index in [1.807, 2.05) is 60.7 Å². The molecule has 0 unspecified atom stereocenters. The number of hydrogen-bond acceptors (Lipinski definition) is 6. The van der Waals surface area contributed by atoms with Crippen LogP contribution in [0.3, 0.4) is 0 Å². The van der Waals surface area contributed by atoms with Gasteiger partial charge >= 0.3 is 11.9 Å². The number of hydrogen-bond donors (Lipinski definition) is 2. The molecule has 0 saturated carbocycles. The van der Waals surface area contributed by atoms with E-state index in [9.17, 15) is 19.8 Å². The second-order valence-corrected chi connectivity index (χ2v) is 11.8. The molecule has 0 bridgehead atoms. The van der Waals surface area contributed by atoms with E-state index in [0.717, 1.165) is 56.0 Å². The van der Waals surface area contributed by atoms with Crippen LogP contribution in [0.5, 0.6) is 11.5 Å². The van der Waals surface area contributed by atoms with Crippen molar-refractivity contribution in [1.82, 2.24) is 0 Å². The molecule has 262 valence electrons. The first-order valence-corrected chi connectivity index (χ1v) is 16.8. The van der Waals surface area contributed by atoms with Crippen molar-refractivity contribution >= 4 is 23.1 Å². The van der Waals surface area contributed by atoms with Gasteiger partial charge in [-0.2, -0.15) is 0 Å². The Morgan fingerprint density at radius 1 is 0.560 bits per heavy atom. The van der Waals surface area contributed by atoms with Crippen molar-refractivity contribution < 1.29 is 38.7 Å². The van der Waals surface area contributed by atoms with Crippen molar-refractivity contribution in [3.63, 3.8) is 0 Å². The van der Waals surface area contributed by atoms with Crippen molar-refractivity contribution in [2.45, 2.75) is 52.7 Å². The van der Waals surface area contributed by atoms with Gasteiger partial charge in [-0.15, -0.1) is 0 Å². The van der Waals surface area contributed by atoms with E-state index < -0.39 is 24.1 Å². The van der Waals surface area contributed by atoms with Crippen molar-refractivity contribution in [2.24, 2.45) is 0 Å². The van der Waals surface area contributed by atoms with Gasteiger partial charge in [-0.05, 0) is 109 Å². The fraction of sp³-hybridized carbons (Fsp3) is 0.286. The quantitative estimate of drug-likeness (QED) is 0.102. The number of rotatable bonds is 19. The molecular weight excluding hydrogens is 632 g/mol. The first kappa shape index (κ1) is 37.6.